The molecular formula is C12H17NO2S. The van der Waals surface area contributed by atoms with Gasteiger partial charge in [0, 0.05) is 10.9 Å². The van der Waals surface area contributed by atoms with Crippen molar-refractivity contribution in [3.05, 3.63) is 22.4 Å². The molecule has 1 saturated carbocycles. The SMILES string of the molecule is O=C(O)CNC(c1cccs1)C1CCCC1. The van der Waals surface area contributed by atoms with E-state index in [9.17, 15) is 4.79 Å². The van der Waals surface area contributed by atoms with E-state index < -0.39 is 5.97 Å². The zero-order chi connectivity index (χ0) is 11.4. The Kier molecular flexibility index (Phi) is 3.96. The lowest BCUT2D eigenvalue weighted by Crippen LogP contribution is -2.31. The second-order valence-electron chi connectivity index (χ2n) is 4.31. The molecule has 1 atom stereocenters. The molecule has 1 aromatic rings. The summed E-state index contributed by atoms with van der Waals surface area (Å²) >= 11 is 1.71. The molecule has 0 bridgehead atoms. The number of nitrogens with one attached hydrogen (secondary N) is 1. The first kappa shape index (κ1) is 11.6. The van der Waals surface area contributed by atoms with Crippen LogP contribution in [-0.2, 0) is 4.79 Å². The fourth-order valence-electron chi connectivity index (χ4n) is 2.46. The zero-order valence-corrected chi connectivity index (χ0v) is 10.0. The van der Waals surface area contributed by atoms with Gasteiger partial charge in [0.05, 0.1) is 6.54 Å². The molecule has 1 aliphatic rings. The van der Waals surface area contributed by atoms with Crippen molar-refractivity contribution in [2.75, 3.05) is 6.54 Å². The van der Waals surface area contributed by atoms with Crippen LogP contribution in [0.4, 0.5) is 0 Å². The van der Waals surface area contributed by atoms with Crippen LogP contribution in [0.25, 0.3) is 0 Å². The Hall–Kier alpha value is -0.870. The first-order valence-corrected chi connectivity index (χ1v) is 6.64. The Bertz CT molecular complexity index is 331. The maximum atomic E-state index is 10.6. The molecular weight excluding hydrogens is 222 g/mol. The van der Waals surface area contributed by atoms with Crippen molar-refractivity contribution in [2.24, 2.45) is 5.92 Å². The Morgan fingerprint density at radius 2 is 2.31 bits per heavy atom. The Morgan fingerprint density at radius 3 is 2.88 bits per heavy atom. The van der Waals surface area contributed by atoms with E-state index in [0.29, 0.717) is 5.92 Å². The minimum atomic E-state index is -0.778. The van der Waals surface area contributed by atoms with E-state index in [4.69, 9.17) is 5.11 Å². The van der Waals surface area contributed by atoms with Gasteiger partial charge in [-0.1, -0.05) is 18.9 Å². The standard InChI is InChI=1S/C12H17NO2S/c14-11(15)8-13-12(9-4-1-2-5-9)10-6-3-7-16-10/h3,6-7,9,12-13H,1-2,4-5,8H2,(H,14,15). The third-order valence-corrected chi connectivity index (χ3v) is 4.15. The third-order valence-electron chi connectivity index (χ3n) is 3.19. The van der Waals surface area contributed by atoms with Crippen LogP contribution in [0, 0.1) is 5.92 Å². The maximum Gasteiger partial charge on any atom is 0.317 e. The number of carboxylic acids is 1. The predicted octanol–water partition coefficient (Wildman–Crippen LogP) is 2.65. The van der Waals surface area contributed by atoms with Crippen LogP contribution in [0.5, 0.6) is 0 Å². The molecule has 3 nitrogen and oxygen atoms in total. The molecule has 88 valence electrons. The lowest BCUT2D eigenvalue weighted by atomic mass is 9.97. The first-order chi connectivity index (χ1) is 7.77. The lowest BCUT2D eigenvalue weighted by molar-refractivity contribution is -0.136. The summed E-state index contributed by atoms with van der Waals surface area (Å²) in [6.45, 7) is 0.0546. The molecule has 2 rings (SSSR count). The number of carbonyl (C=O) groups is 1. The summed E-state index contributed by atoms with van der Waals surface area (Å²) in [6.07, 6.45) is 4.99. The Labute approximate surface area is 99.5 Å². The van der Waals surface area contributed by atoms with E-state index in [1.807, 2.05) is 6.07 Å². The van der Waals surface area contributed by atoms with Crippen LogP contribution in [0.2, 0.25) is 0 Å². The summed E-state index contributed by atoms with van der Waals surface area (Å²) in [6, 6.07) is 4.37. The van der Waals surface area contributed by atoms with Crippen LogP contribution in [0.1, 0.15) is 36.6 Å². The predicted molar refractivity (Wildman–Crippen MR) is 64.7 cm³/mol. The number of rotatable bonds is 5. The minimum Gasteiger partial charge on any atom is -0.480 e. The highest BCUT2D eigenvalue weighted by molar-refractivity contribution is 7.10. The van der Waals surface area contributed by atoms with Gasteiger partial charge in [-0.05, 0) is 30.2 Å². The number of thiophene rings is 1. The summed E-state index contributed by atoms with van der Waals surface area (Å²) in [4.78, 5) is 11.9. The highest BCUT2D eigenvalue weighted by atomic mass is 32.1. The molecule has 0 aliphatic heterocycles. The molecule has 1 aromatic heterocycles. The van der Waals surface area contributed by atoms with Crippen LogP contribution < -0.4 is 5.32 Å². The van der Waals surface area contributed by atoms with E-state index in [2.05, 4.69) is 16.8 Å². The van der Waals surface area contributed by atoms with E-state index in [1.165, 1.54) is 30.6 Å². The largest absolute Gasteiger partial charge is 0.480 e. The zero-order valence-electron chi connectivity index (χ0n) is 9.19. The molecule has 1 fully saturated rings. The van der Waals surface area contributed by atoms with Gasteiger partial charge in [-0.3, -0.25) is 10.1 Å². The van der Waals surface area contributed by atoms with Gasteiger partial charge < -0.3 is 5.11 Å². The van der Waals surface area contributed by atoms with Crippen molar-refractivity contribution in [3.63, 3.8) is 0 Å². The van der Waals surface area contributed by atoms with Crippen LogP contribution in [-0.4, -0.2) is 17.6 Å². The number of hydrogen-bond donors (Lipinski definition) is 2. The van der Waals surface area contributed by atoms with Crippen molar-refractivity contribution in [1.29, 1.82) is 0 Å². The fourth-order valence-corrected chi connectivity index (χ4v) is 3.35. The van der Waals surface area contributed by atoms with Crippen molar-refractivity contribution in [1.82, 2.24) is 5.32 Å². The summed E-state index contributed by atoms with van der Waals surface area (Å²) < 4.78 is 0. The molecule has 0 aromatic carbocycles. The average molecular weight is 239 g/mol. The van der Waals surface area contributed by atoms with Crippen LogP contribution in [0.15, 0.2) is 17.5 Å². The molecule has 16 heavy (non-hydrogen) atoms. The van der Waals surface area contributed by atoms with Gasteiger partial charge in [0.25, 0.3) is 0 Å². The molecule has 1 unspecified atom stereocenters. The summed E-state index contributed by atoms with van der Waals surface area (Å²) in [5, 5.41) is 14.0. The lowest BCUT2D eigenvalue weighted by Gasteiger charge is -2.22. The van der Waals surface area contributed by atoms with Gasteiger partial charge in [-0.15, -0.1) is 11.3 Å². The first-order valence-electron chi connectivity index (χ1n) is 5.76. The Morgan fingerprint density at radius 1 is 1.56 bits per heavy atom. The van der Waals surface area contributed by atoms with Gasteiger partial charge in [-0.25, -0.2) is 0 Å². The summed E-state index contributed by atoms with van der Waals surface area (Å²) in [5.74, 6) is -0.169. The van der Waals surface area contributed by atoms with Crippen molar-refractivity contribution >= 4 is 17.3 Å². The second kappa shape index (κ2) is 5.46. The van der Waals surface area contributed by atoms with Gasteiger partial charge >= 0.3 is 5.97 Å². The van der Waals surface area contributed by atoms with Crippen molar-refractivity contribution < 1.29 is 9.90 Å². The van der Waals surface area contributed by atoms with Gasteiger partial charge in [-0.2, -0.15) is 0 Å². The summed E-state index contributed by atoms with van der Waals surface area (Å²) in [5.41, 5.74) is 0. The highest BCUT2D eigenvalue weighted by Gasteiger charge is 2.26. The van der Waals surface area contributed by atoms with E-state index in [0.717, 1.165) is 0 Å². The third kappa shape index (κ3) is 2.83. The molecule has 1 aliphatic carbocycles. The quantitative estimate of drug-likeness (QED) is 0.830. The summed E-state index contributed by atoms with van der Waals surface area (Å²) in [7, 11) is 0. The highest BCUT2D eigenvalue weighted by Crippen LogP contribution is 2.37. The Balaban J connectivity index is 2.03. The second-order valence-corrected chi connectivity index (χ2v) is 5.29. The molecule has 1 heterocycles. The molecule has 0 spiro atoms. The number of aliphatic carboxylic acids is 1. The monoisotopic (exact) mass is 239 g/mol. The van der Waals surface area contributed by atoms with Gasteiger partial charge in [0.15, 0.2) is 0 Å². The van der Waals surface area contributed by atoms with Crippen molar-refractivity contribution in [3.8, 4) is 0 Å². The van der Waals surface area contributed by atoms with Crippen LogP contribution in [0.3, 0.4) is 0 Å². The van der Waals surface area contributed by atoms with Crippen molar-refractivity contribution in [2.45, 2.75) is 31.7 Å². The average Bonchev–Trinajstić information content (AvgIpc) is 2.88. The van der Waals surface area contributed by atoms with Gasteiger partial charge in [0.2, 0.25) is 0 Å². The van der Waals surface area contributed by atoms with E-state index in [-0.39, 0.29) is 12.6 Å². The normalized spacial score (nSPS) is 18.8. The molecule has 0 radical (unpaired) electrons. The molecule has 4 heteroatoms. The molecule has 0 saturated heterocycles. The van der Waals surface area contributed by atoms with E-state index in [1.54, 1.807) is 11.3 Å². The van der Waals surface area contributed by atoms with Gasteiger partial charge in [0.1, 0.15) is 0 Å². The topological polar surface area (TPSA) is 49.3 Å². The maximum absolute atomic E-state index is 10.6. The number of hydrogen-bond acceptors (Lipinski definition) is 3. The fraction of sp³-hybridized carbons (Fsp3) is 0.583. The smallest absolute Gasteiger partial charge is 0.317 e. The van der Waals surface area contributed by atoms with Crippen LogP contribution >= 0.6 is 11.3 Å². The number of carboxylic acid groups (broad SMARTS) is 1. The minimum absolute atomic E-state index is 0.0546. The molecule has 2 N–H and O–H groups in total. The molecule has 0 amide bonds. The van der Waals surface area contributed by atoms with E-state index >= 15 is 0 Å².